The van der Waals surface area contributed by atoms with E-state index in [1.165, 1.54) is 6.92 Å². The van der Waals surface area contributed by atoms with Crippen LogP contribution in [0.3, 0.4) is 0 Å². The Morgan fingerprint density at radius 2 is 1.28 bits per heavy atom. The molecule has 1 aliphatic heterocycles. The Labute approximate surface area is 311 Å². The van der Waals surface area contributed by atoms with Gasteiger partial charge in [0.05, 0.1) is 11.8 Å². The fourth-order valence-electron chi connectivity index (χ4n) is 6.26. The number of rotatable bonds is 18. The first-order chi connectivity index (χ1) is 25.8. The maximum absolute atomic E-state index is 14.2. The lowest BCUT2D eigenvalue weighted by molar-refractivity contribution is -0.153. The number of likely N-dealkylation sites (tertiary alicyclic amines) is 1. The van der Waals surface area contributed by atoms with Crippen LogP contribution in [0.25, 0.3) is 0 Å². The molecule has 15 nitrogen and oxygen atoms in total. The highest BCUT2D eigenvalue weighted by Crippen LogP contribution is 2.23. The van der Waals surface area contributed by atoms with Crippen LogP contribution < -0.4 is 16.0 Å². The van der Waals surface area contributed by atoms with Gasteiger partial charge in [-0.3, -0.25) is 24.0 Å². The summed E-state index contributed by atoms with van der Waals surface area (Å²) in [5.74, 6) is -9.79. The first-order valence-corrected chi connectivity index (χ1v) is 17.5. The molecular weight excluding hydrogens is 700 g/mol. The molecule has 0 aromatic heterocycles. The van der Waals surface area contributed by atoms with Crippen molar-refractivity contribution in [2.75, 3.05) is 6.54 Å². The van der Waals surface area contributed by atoms with Crippen LogP contribution in [0.4, 0.5) is 4.79 Å². The average Bonchev–Trinajstić information content (AvgIpc) is 3.66. The predicted octanol–water partition coefficient (Wildman–Crippen LogP) is 2.62. The fraction of sp³-hybridized carbons (Fsp3) is 0.359. The van der Waals surface area contributed by atoms with E-state index in [-0.39, 0.29) is 32.4 Å². The molecule has 0 saturated carbocycles. The highest BCUT2D eigenvalue weighted by Gasteiger charge is 2.44. The van der Waals surface area contributed by atoms with Gasteiger partial charge in [-0.25, -0.2) is 9.59 Å². The van der Waals surface area contributed by atoms with Gasteiger partial charge in [-0.1, -0.05) is 91.0 Å². The Morgan fingerprint density at radius 1 is 0.722 bits per heavy atom. The molecule has 0 spiro atoms. The minimum Gasteiger partial charge on any atom is -0.481 e. The fourth-order valence-corrected chi connectivity index (χ4v) is 6.26. The number of nitrogens with one attached hydrogen (secondary N) is 3. The minimum absolute atomic E-state index is 0.00172. The Bertz CT molecular complexity index is 1770. The van der Waals surface area contributed by atoms with Gasteiger partial charge < -0.3 is 40.9 Å². The molecule has 1 fully saturated rings. The van der Waals surface area contributed by atoms with Crippen LogP contribution in [-0.4, -0.2) is 92.7 Å². The molecule has 1 heterocycles. The van der Waals surface area contributed by atoms with Gasteiger partial charge in [-0.05, 0) is 55.7 Å². The second kappa shape index (κ2) is 19.5. The highest BCUT2D eigenvalue weighted by molar-refractivity contribution is 5.97. The van der Waals surface area contributed by atoms with Crippen molar-refractivity contribution in [3.05, 3.63) is 108 Å². The molecule has 6 atom stereocenters. The molecule has 1 aliphatic rings. The third-order valence-corrected chi connectivity index (χ3v) is 9.17. The number of carboxylic acid groups (broad SMARTS) is 3. The first-order valence-electron chi connectivity index (χ1n) is 17.5. The zero-order valence-electron chi connectivity index (χ0n) is 29.6. The molecule has 4 rings (SSSR count). The lowest BCUT2D eigenvalue weighted by Crippen LogP contribution is -2.60. The van der Waals surface area contributed by atoms with Gasteiger partial charge in [0.25, 0.3) is 0 Å². The van der Waals surface area contributed by atoms with Crippen molar-refractivity contribution in [1.29, 1.82) is 0 Å². The number of carbonyl (C=O) groups is 7. The number of aliphatic carboxylic acids is 3. The lowest BCUT2D eigenvalue weighted by Gasteiger charge is -2.32. The second-order valence-corrected chi connectivity index (χ2v) is 13.1. The van der Waals surface area contributed by atoms with Gasteiger partial charge >= 0.3 is 24.0 Å². The summed E-state index contributed by atoms with van der Waals surface area (Å²) >= 11 is 0. The van der Waals surface area contributed by atoms with Crippen molar-refractivity contribution in [2.24, 2.45) is 11.8 Å². The maximum atomic E-state index is 14.2. The highest BCUT2D eigenvalue weighted by atomic mass is 16.5. The van der Waals surface area contributed by atoms with Gasteiger partial charge in [-0.15, -0.1) is 0 Å². The standard InChI is InChI=1S/C39H44N4O11/c1-24(40-39(53)54-23-27-16-9-4-10-17-27)33(44)41-30(22-28(36(47)48)20-25-12-5-2-6-13-25)34(45)42-32(35(46)43-19-11-18-31(43)38(51)52)29(37(49)50)21-26-14-7-3-8-15-26/h2-10,12-17,24,28-32H,11,18-23H2,1H3,(H,40,53)(H,41,44)(H,42,45)(H,47,48)(H,49,50)(H,51,52)/t24-,28?,29?,30-,31-,32-/m0/s1. The summed E-state index contributed by atoms with van der Waals surface area (Å²) in [7, 11) is 0. The summed E-state index contributed by atoms with van der Waals surface area (Å²) in [5, 5.41) is 37.7. The van der Waals surface area contributed by atoms with E-state index in [1.807, 2.05) is 0 Å². The number of benzene rings is 3. The monoisotopic (exact) mass is 744 g/mol. The zero-order valence-corrected chi connectivity index (χ0v) is 29.6. The van der Waals surface area contributed by atoms with Gasteiger partial charge in [0.2, 0.25) is 17.7 Å². The largest absolute Gasteiger partial charge is 0.481 e. The van der Waals surface area contributed by atoms with Crippen LogP contribution in [0.1, 0.15) is 42.9 Å². The number of alkyl carbamates (subject to hydrolysis) is 1. The van der Waals surface area contributed by atoms with E-state index in [2.05, 4.69) is 16.0 Å². The Morgan fingerprint density at radius 3 is 1.81 bits per heavy atom. The molecule has 1 saturated heterocycles. The van der Waals surface area contributed by atoms with E-state index < -0.39 is 84.1 Å². The minimum atomic E-state index is -1.81. The smallest absolute Gasteiger partial charge is 0.408 e. The van der Waals surface area contributed by atoms with Crippen molar-refractivity contribution in [1.82, 2.24) is 20.9 Å². The van der Waals surface area contributed by atoms with Crippen LogP contribution in [0.5, 0.6) is 0 Å². The molecule has 3 aromatic rings. The maximum Gasteiger partial charge on any atom is 0.408 e. The van der Waals surface area contributed by atoms with Gasteiger partial charge in [-0.2, -0.15) is 0 Å². The number of hydrogen-bond donors (Lipinski definition) is 6. The van der Waals surface area contributed by atoms with E-state index in [4.69, 9.17) is 4.74 Å². The van der Waals surface area contributed by atoms with Gasteiger partial charge in [0.1, 0.15) is 30.8 Å². The van der Waals surface area contributed by atoms with Crippen LogP contribution >= 0.6 is 0 Å². The van der Waals surface area contributed by atoms with E-state index in [9.17, 15) is 48.9 Å². The number of amides is 4. The van der Waals surface area contributed by atoms with Crippen LogP contribution in [0, 0.1) is 11.8 Å². The summed E-state index contributed by atoms with van der Waals surface area (Å²) in [6.07, 6.45) is -1.26. The van der Waals surface area contributed by atoms with E-state index in [0.717, 1.165) is 4.90 Å². The number of carbonyl (C=O) groups excluding carboxylic acids is 4. The lowest BCUT2D eigenvalue weighted by atomic mass is 9.89. The summed E-state index contributed by atoms with van der Waals surface area (Å²) in [6.45, 7) is 1.23. The number of carboxylic acids is 3. The number of nitrogens with zero attached hydrogens (tertiary/aromatic N) is 1. The zero-order chi connectivity index (χ0) is 39.2. The van der Waals surface area contributed by atoms with Crippen LogP contribution in [0.15, 0.2) is 91.0 Å². The van der Waals surface area contributed by atoms with Crippen molar-refractivity contribution in [2.45, 2.75) is 69.8 Å². The Hall–Kier alpha value is -6.25. The summed E-state index contributed by atoms with van der Waals surface area (Å²) < 4.78 is 5.19. The summed E-state index contributed by atoms with van der Waals surface area (Å²) in [5.41, 5.74) is 1.84. The number of hydrogen-bond acceptors (Lipinski definition) is 8. The Balaban J connectivity index is 1.62. The molecular formula is C39H44N4O11. The first kappa shape index (κ1) is 40.5. The molecule has 0 radical (unpaired) electrons. The molecule has 3 aromatic carbocycles. The van der Waals surface area contributed by atoms with Crippen molar-refractivity contribution in [3.8, 4) is 0 Å². The molecule has 4 amide bonds. The predicted molar refractivity (Wildman–Crippen MR) is 193 cm³/mol. The Kier molecular flexibility index (Phi) is 14.7. The molecule has 2 unspecified atom stereocenters. The van der Waals surface area contributed by atoms with Crippen molar-refractivity contribution < 1.29 is 53.6 Å². The van der Waals surface area contributed by atoms with Gasteiger partial charge in [0.15, 0.2) is 0 Å². The quantitative estimate of drug-likeness (QED) is 0.111. The normalized spacial score (nSPS) is 16.5. The second-order valence-electron chi connectivity index (χ2n) is 13.1. The van der Waals surface area contributed by atoms with Gasteiger partial charge in [0, 0.05) is 6.54 Å². The van der Waals surface area contributed by atoms with E-state index >= 15 is 0 Å². The summed E-state index contributed by atoms with van der Waals surface area (Å²) in [6, 6.07) is 19.7. The molecule has 0 bridgehead atoms. The van der Waals surface area contributed by atoms with E-state index in [1.54, 1.807) is 91.0 Å². The average molecular weight is 745 g/mol. The molecule has 286 valence electrons. The SMILES string of the molecule is C[C@H](NC(=O)OCc1ccccc1)C(=O)N[C@@H](CC(Cc1ccccc1)C(=O)O)C(=O)N[C@H](C(=O)N1CCC[C@H]1C(=O)O)C(Cc1ccccc1)C(=O)O. The molecule has 15 heteroatoms. The van der Waals surface area contributed by atoms with Crippen LogP contribution in [-0.2, 0) is 53.0 Å². The van der Waals surface area contributed by atoms with Crippen LogP contribution in [0.2, 0.25) is 0 Å². The number of ether oxygens (including phenoxy) is 1. The van der Waals surface area contributed by atoms with Crippen molar-refractivity contribution in [3.63, 3.8) is 0 Å². The third kappa shape index (κ3) is 11.6. The van der Waals surface area contributed by atoms with E-state index in [0.29, 0.717) is 23.1 Å². The topological polar surface area (TPSA) is 229 Å². The molecule has 54 heavy (non-hydrogen) atoms. The third-order valence-electron chi connectivity index (χ3n) is 9.17. The molecule has 6 N–H and O–H groups in total. The summed E-state index contributed by atoms with van der Waals surface area (Å²) in [4.78, 5) is 92.6. The molecule has 0 aliphatic carbocycles. The van der Waals surface area contributed by atoms with Crippen molar-refractivity contribution >= 4 is 41.7 Å².